The first-order valence-corrected chi connectivity index (χ1v) is 7.37. The van der Waals surface area contributed by atoms with Gasteiger partial charge in [-0.2, -0.15) is 0 Å². The Balaban J connectivity index is 1.68. The van der Waals surface area contributed by atoms with Crippen LogP contribution in [0.25, 0.3) is 0 Å². The number of aromatic nitrogens is 3. The van der Waals surface area contributed by atoms with Crippen molar-refractivity contribution in [2.45, 2.75) is 33.3 Å². The molecule has 0 spiro atoms. The number of amides is 1. The highest BCUT2D eigenvalue weighted by Crippen LogP contribution is 2.21. The molecular formula is C15H20N4O3. The van der Waals surface area contributed by atoms with E-state index >= 15 is 0 Å². The van der Waals surface area contributed by atoms with Gasteiger partial charge in [-0.05, 0) is 20.8 Å². The molecule has 1 fully saturated rings. The lowest BCUT2D eigenvalue weighted by Crippen LogP contribution is -2.43. The van der Waals surface area contributed by atoms with Crippen LogP contribution >= 0.6 is 0 Å². The topological polar surface area (TPSA) is 84.2 Å². The van der Waals surface area contributed by atoms with E-state index in [2.05, 4.69) is 15.1 Å². The average Bonchev–Trinajstić information content (AvgIpc) is 3.08. The summed E-state index contributed by atoms with van der Waals surface area (Å²) in [5.41, 5.74) is 2.64. The molecule has 1 saturated heterocycles. The molecule has 1 unspecified atom stereocenters. The van der Waals surface area contributed by atoms with E-state index in [1.54, 1.807) is 6.20 Å². The van der Waals surface area contributed by atoms with Crippen LogP contribution in [0.5, 0.6) is 0 Å². The van der Waals surface area contributed by atoms with Crippen molar-refractivity contribution in [1.29, 1.82) is 0 Å². The van der Waals surface area contributed by atoms with Crippen molar-refractivity contribution in [3.63, 3.8) is 0 Å². The van der Waals surface area contributed by atoms with Crippen LogP contribution < -0.4 is 0 Å². The smallest absolute Gasteiger partial charge is 0.227 e. The summed E-state index contributed by atoms with van der Waals surface area (Å²) in [5.74, 6) is 1.54. The van der Waals surface area contributed by atoms with Crippen LogP contribution in [-0.4, -0.2) is 45.6 Å². The number of aryl methyl sites for hydroxylation is 3. The molecule has 3 rings (SSSR count). The third-order valence-electron chi connectivity index (χ3n) is 3.96. The Morgan fingerprint density at radius 2 is 2.27 bits per heavy atom. The van der Waals surface area contributed by atoms with E-state index in [-0.39, 0.29) is 12.0 Å². The molecule has 2 aromatic heterocycles. The first-order valence-electron chi connectivity index (χ1n) is 7.37. The van der Waals surface area contributed by atoms with E-state index in [4.69, 9.17) is 9.26 Å². The zero-order chi connectivity index (χ0) is 15.7. The highest BCUT2D eigenvalue weighted by Gasteiger charge is 2.28. The van der Waals surface area contributed by atoms with Gasteiger partial charge in [0.25, 0.3) is 0 Å². The Morgan fingerprint density at radius 3 is 2.91 bits per heavy atom. The van der Waals surface area contributed by atoms with Gasteiger partial charge >= 0.3 is 0 Å². The molecule has 1 amide bonds. The zero-order valence-corrected chi connectivity index (χ0v) is 13.0. The summed E-state index contributed by atoms with van der Waals surface area (Å²) in [7, 11) is 0. The molecule has 118 valence electrons. The van der Waals surface area contributed by atoms with Gasteiger partial charge in [-0.25, -0.2) is 4.98 Å². The van der Waals surface area contributed by atoms with Gasteiger partial charge in [0.2, 0.25) is 5.91 Å². The lowest BCUT2D eigenvalue weighted by Gasteiger charge is -2.32. The van der Waals surface area contributed by atoms with Crippen LogP contribution in [-0.2, 0) is 16.0 Å². The Labute approximate surface area is 128 Å². The normalized spacial score (nSPS) is 18.7. The van der Waals surface area contributed by atoms with Crippen LogP contribution in [0, 0.1) is 20.8 Å². The van der Waals surface area contributed by atoms with Crippen LogP contribution in [0.4, 0.5) is 0 Å². The van der Waals surface area contributed by atoms with Gasteiger partial charge in [0, 0.05) is 24.0 Å². The van der Waals surface area contributed by atoms with E-state index < -0.39 is 0 Å². The number of imidazole rings is 1. The molecule has 2 aromatic rings. The predicted octanol–water partition coefficient (Wildman–Crippen LogP) is 1.47. The maximum atomic E-state index is 12.5. The molecule has 0 aliphatic carbocycles. The van der Waals surface area contributed by atoms with Crippen molar-refractivity contribution in [3.05, 3.63) is 34.7 Å². The Bertz CT molecular complexity index is 657. The minimum absolute atomic E-state index is 0.0611. The maximum absolute atomic E-state index is 12.5. The lowest BCUT2D eigenvalue weighted by atomic mass is 10.1. The fraction of sp³-hybridized carbons (Fsp3) is 0.533. The minimum Gasteiger partial charge on any atom is -0.367 e. The molecule has 7 heteroatoms. The van der Waals surface area contributed by atoms with Gasteiger partial charge in [-0.15, -0.1) is 0 Å². The predicted molar refractivity (Wildman–Crippen MR) is 78.3 cm³/mol. The third-order valence-corrected chi connectivity index (χ3v) is 3.96. The Kier molecular flexibility index (Phi) is 3.98. The maximum Gasteiger partial charge on any atom is 0.227 e. The molecule has 22 heavy (non-hydrogen) atoms. The van der Waals surface area contributed by atoms with Crippen molar-refractivity contribution in [2.75, 3.05) is 19.7 Å². The summed E-state index contributed by atoms with van der Waals surface area (Å²) >= 11 is 0. The number of hydrogen-bond acceptors (Lipinski definition) is 5. The van der Waals surface area contributed by atoms with Crippen LogP contribution in [0.15, 0.2) is 10.7 Å². The second kappa shape index (κ2) is 5.92. The average molecular weight is 304 g/mol. The van der Waals surface area contributed by atoms with Crippen LogP contribution in [0.2, 0.25) is 0 Å². The largest absolute Gasteiger partial charge is 0.367 e. The molecule has 1 N–H and O–H groups in total. The van der Waals surface area contributed by atoms with Crippen molar-refractivity contribution in [3.8, 4) is 0 Å². The monoisotopic (exact) mass is 304 g/mol. The summed E-state index contributed by atoms with van der Waals surface area (Å²) < 4.78 is 10.8. The quantitative estimate of drug-likeness (QED) is 0.928. The van der Waals surface area contributed by atoms with Gasteiger partial charge in [0.1, 0.15) is 17.7 Å². The number of morpholine rings is 1. The first-order chi connectivity index (χ1) is 10.5. The molecule has 1 atom stereocenters. The molecule has 3 heterocycles. The molecule has 0 aromatic carbocycles. The van der Waals surface area contributed by atoms with E-state index in [9.17, 15) is 4.79 Å². The van der Waals surface area contributed by atoms with Crippen molar-refractivity contribution < 1.29 is 14.1 Å². The number of aromatic amines is 1. The van der Waals surface area contributed by atoms with Crippen molar-refractivity contribution >= 4 is 5.91 Å². The number of nitrogens with one attached hydrogen (secondary N) is 1. The number of rotatable bonds is 3. The van der Waals surface area contributed by atoms with Gasteiger partial charge < -0.3 is 19.1 Å². The Hall–Kier alpha value is -2.15. The number of H-pyrrole nitrogens is 1. The van der Waals surface area contributed by atoms with E-state index in [0.717, 1.165) is 22.8 Å². The van der Waals surface area contributed by atoms with Gasteiger partial charge in [0.05, 0.1) is 25.3 Å². The SMILES string of the molecule is Cc1cnc(C2CN(C(=O)Cc3c(C)noc3C)CCO2)[nH]1. The van der Waals surface area contributed by atoms with Crippen LogP contribution in [0.3, 0.4) is 0 Å². The van der Waals surface area contributed by atoms with E-state index in [1.807, 2.05) is 25.7 Å². The zero-order valence-electron chi connectivity index (χ0n) is 13.0. The molecule has 0 radical (unpaired) electrons. The van der Waals surface area contributed by atoms with Crippen molar-refractivity contribution in [2.24, 2.45) is 0 Å². The number of ether oxygens (including phenoxy) is 1. The lowest BCUT2D eigenvalue weighted by molar-refractivity contribution is -0.138. The number of carbonyl (C=O) groups is 1. The number of nitrogens with zero attached hydrogens (tertiary/aromatic N) is 3. The van der Waals surface area contributed by atoms with Gasteiger partial charge in [-0.3, -0.25) is 4.79 Å². The van der Waals surface area contributed by atoms with Gasteiger partial charge in [0.15, 0.2) is 0 Å². The van der Waals surface area contributed by atoms with Crippen molar-refractivity contribution in [1.82, 2.24) is 20.0 Å². The standard InChI is InChI=1S/C15H20N4O3/c1-9-7-16-15(17-9)13-8-19(4-5-21-13)14(20)6-12-10(2)18-22-11(12)3/h7,13H,4-6,8H2,1-3H3,(H,16,17). The molecular weight excluding hydrogens is 284 g/mol. The van der Waals surface area contributed by atoms with E-state index in [1.165, 1.54) is 0 Å². The number of carbonyl (C=O) groups excluding carboxylic acids is 1. The summed E-state index contributed by atoms with van der Waals surface area (Å²) in [6.45, 7) is 7.24. The summed E-state index contributed by atoms with van der Waals surface area (Å²) in [4.78, 5) is 21.8. The first kappa shape index (κ1) is 14.8. The van der Waals surface area contributed by atoms with Gasteiger partial charge in [-0.1, -0.05) is 5.16 Å². The molecule has 7 nitrogen and oxygen atoms in total. The summed E-state index contributed by atoms with van der Waals surface area (Å²) in [5, 5.41) is 3.89. The molecule has 0 saturated carbocycles. The van der Waals surface area contributed by atoms with E-state index in [0.29, 0.717) is 31.9 Å². The number of hydrogen-bond donors (Lipinski definition) is 1. The summed E-state index contributed by atoms with van der Waals surface area (Å²) in [6, 6.07) is 0. The fourth-order valence-corrected chi connectivity index (χ4v) is 2.66. The second-order valence-corrected chi connectivity index (χ2v) is 5.63. The fourth-order valence-electron chi connectivity index (χ4n) is 2.66. The second-order valence-electron chi connectivity index (χ2n) is 5.63. The molecule has 0 bridgehead atoms. The Morgan fingerprint density at radius 1 is 1.45 bits per heavy atom. The van der Waals surface area contributed by atoms with Crippen LogP contribution in [0.1, 0.15) is 34.6 Å². The summed E-state index contributed by atoms with van der Waals surface area (Å²) in [6.07, 6.45) is 1.88. The minimum atomic E-state index is -0.198. The molecule has 1 aliphatic rings. The highest BCUT2D eigenvalue weighted by atomic mass is 16.5. The molecule has 1 aliphatic heterocycles. The third kappa shape index (κ3) is 2.89. The highest BCUT2D eigenvalue weighted by molar-refractivity contribution is 5.79.